The quantitative estimate of drug-likeness (QED) is 0.389. The van der Waals surface area contributed by atoms with Crippen LogP contribution in [0, 0.1) is 17.0 Å². The Balaban J connectivity index is 1.69. The molecule has 0 saturated carbocycles. The van der Waals surface area contributed by atoms with Gasteiger partial charge in [0.05, 0.1) is 22.3 Å². The van der Waals surface area contributed by atoms with Gasteiger partial charge in [-0.2, -0.15) is 0 Å². The van der Waals surface area contributed by atoms with Crippen LogP contribution >= 0.6 is 0 Å². The topological polar surface area (TPSA) is 107 Å². The van der Waals surface area contributed by atoms with Crippen molar-refractivity contribution >= 4 is 26.7 Å². The molecular formula is C17H18N4O4S. The Labute approximate surface area is 150 Å². The molecule has 1 heterocycles. The number of rotatable bonds is 7. The van der Waals surface area contributed by atoms with Crippen LogP contribution in [0.4, 0.5) is 5.69 Å². The fraction of sp³-hybridized carbons (Fsp3) is 0.235. The number of imidazole rings is 1. The van der Waals surface area contributed by atoms with Gasteiger partial charge in [-0.15, -0.1) is 0 Å². The zero-order valence-electron chi connectivity index (χ0n) is 14.1. The lowest BCUT2D eigenvalue weighted by atomic mass is 10.2. The van der Waals surface area contributed by atoms with Gasteiger partial charge in [-0.1, -0.05) is 24.3 Å². The standard InChI is InChI=1S/C17H18N4O4S/c1-13-6-4-9-16(21(22)23)17(13)26(24,25)19-10-5-11-20-12-18-14-7-2-3-8-15(14)20/h2-4,6-9,12,19H,5,10-11H2,1H3. The zero-order valence-corrected chi connectivity index (χ0v) is 14.9. The highest BCUT2D eigenvalue weighted by Gasteiger charge is 2.27. The molecule has 136 valence electrons. The number of hydrogen-bond donors (Lipinski definition) is 1. The van der Waals surface area contributed by atoms with Crippen molar-refractivity contribution in [2.45, 2.75) is 24.8 Å². The van der Waals surface area contributed by atoms with E-state index in [0.717, 1.165) is 11.0 Å². The first-order valence-corrected chi connectivity index (χ1v) is 9.52. The van der Waals surface area contributed by atoms with Crippen molar-refractivity contribution < 1.29 is 13.3 Å². The third kappa shape index (κ3) is 3.58. The molecule has 0 fully saturated rings. The maximum absolute atomic E-state index is 12.5. The number of nitro benzene ring substituents is 1. The third-order valence-corrected chi connectivity index (χ3v) is 5.70. The molecule has 0 spiro atoms. The Morgan fingerprint density at radius 1 is 1.19 bits per heavy atom. The van der Waals surface area contributed by atoms with E-state index in [4.69, 9.17) is 0 Å². The van der Waals surface area contributed by atoms with Crippen molar-refractivity contribution in [2.75, 3.05) is 6.54 Å². The predicted molar refractivity (Wildman–Crippen MR) is 97.4 cm³/mol. The lowest BCUT2D eigenvalue weighted by molar-refractivity contribution is -0.387. The summed E-state index contributed by atoms with van der Waals surface area (Å²) >= 11 is 0. The smallest absolute Gasteiger partial charge is 0.289 e. The Kier molecular flexibility index (Phi) is 5.01. The third-order valence-electron chi connectivity index (χ3n) is 4.05. The summed E-state index contributed by atoms with van der Waals surface area (Å²) in [6.07, 6.45) is 2.24. The van der Waals surface area contributed by atoms with Gasteiger partial charge in [-0.25, -0.2) is 18.1 Å². The van der Waals surface area contributed by atoms with Crippen molar-refractivity contribution in [3.05, 3.63) is 64.5 Å². The van der Waals surface area contributed by atoms with E-state index in [9.17, 15) is 18.5 Å². The Bertz CT molecular complexity index is 1060. The molecule has 26 heavy (non-hydrogen) atoms. The molecule has 0 aliphatic heterocycles. The van der Waals surface area contributed by atoms with Crippen LogP contribution in [0.5, 0.6) is 0 Å². The van der Waals surface area contributed by atoms with Gasteiger partial charge in [0.2, 0.25) is 10.0 Å². The molecule has 1 aromatic heterocycles. The van der Waals surface area contributed by atoms with E-state index in [1.54, 1.807) is 19.3 Å². The Morgan fingerprint density at radius 2 is 1.96 bits per heavy atom. The number of aromatic nitrogens is 2. The van der Waals surface area contributed by atoms with Crippen molar-refractivity contribution in [2.24, 2.45) is 0 Å². The maximum Gasteiger partial charge on any atom is 0.289 e. The van der Waals surface area contributed by atoms with Gasteiger partial charge in [0, 0.05) is 19.2 Å². The summed E-state index contributed by atoms with van der Waals surface area (Å²) in [6, 6.07) is 11.9. The molecule has 3 aromatic rings. The Morgan fingerprint density at radius 3 is 2.73 bits per heavy atom. The molecule has 2 aromatic carbocycles. The second kappa shape index (κ2) is 7.22. The number of hydrogen-bond acceptors (Lipinski definition) is 5. The van der Waals surface area contributed by atoms with Gasteiger partial charge >= 0.3 is 0 Å². The average molecular weight is 374 g/mol. The van der Waals surface area contributed by atoms with Crippen molar-refractivity contribution in [1.29, 1.82) is 0 Å². The number of para-hydroxylation sites is 2. The molecule has 0 aliphatic rings. The molecule has 0 bridgehead atoms. The largest absolute Gasteiger partial charge is 0.331 e. The maximum atomic E-state index is 12.5. The van der Waals surface area contributed by atoms with Crippen LogP contribution in [0.25, 0.3) is 11.0 Å². The van der Waals surface area contributed by atoms with E-state index >= 15 is 0 Å². The van der Waals surface area contributed by atoms with Gasteiger partial charge in [0.15, 0.2) is 4.90 Å². The molecule has 0 saturated heterocycles. The lowest BCUT2D eigenvalue weighted by Gasteiger charge is -2.10. The van der Waals surface area contributed by atoms with Crippen LogP contribution in [0.3, 0.4) is 0 Å². The predicted octanol–water partition coefficient (Wildman–Crippen LogP) is 2.62. The van der Waals surface area contributed by atoms with Crippen molar-refractivity contribution in [1.82, 2.24) is 14.3 Å². The lowest BCUT2D eigenvalue weighted by Crippen LogP contribution is -2.27. The van der Waals surface area contributed by atoms with E-state index in [2.05, 4.69) is 9.71 Å². The second-order valence-electron chi connectivity index (χ2n) is 5.86. The zero-order chi connectivity index (χ0) is 18.7. The van der Waals surface area contributed by atoms with E-state index in [0.29, 0.717) is 18.5 Å². The molecular weight excluding hydrogens is 356 g/mol. The minimum atomic E-state index is -3.97. The summed E-state index contributed by atoms with van der Waals surface area (Å²) < 4.78 is 29.4. The van der Waals surface area contributed by atoms with Gasteiger partial charge < -0.3 is 4.57 Å². The molecule has 3 rings (SSSR count). The van der Waals surface area contributed by atoms with E-state index < -0.39 is 20.6 Å². The molecule has 0 amide bonds. The van der Waals surface area contributed by atoms with Crippen LogP contribution in [0.2, 0.25) is 0 Å². The monoisotopic (exact) mass is 374 g/mol. The highest BCUT2D eigenvalue weighted by atomic mass is 32.2. The molecule has 0 radical (unpaired) electrons. The van der Waals surface area contributed by atoms with Crippen molar-refractivity contribution in [3.8, 4) is 0 Å². The van der Waals surface area contributed by atoms with Crippen LogP contribution in [-0.4, -0.2) is 29.4 Å². The number of aryl methyl sites for hydroxylation is 2. The summed E-state index contributed by atoms with van der Waals surface area (Å²) in [5, 5.41) is 11.1. The van der Waals surface area contributed by atoms with Crippen LogP contribution in [0.1, 0.15) is 12.0 Å². The Hall–Kier alpha value is -2.78. The fourth-order valence-electron chi connectivity index (χ4n) is 2.85. The average Bonchev–Trinajstić information content (AvgIpc) is 3.01. The number of nitro groups is 1. The molecule has 0 aliphatic carbocycles. The van der Waals surface area contributed by atoms with Gasteiger partial charge in [0.25, 0.3) is 5.69 Å². The first-order chi connectivity index (χ1) is 12.4. The molecule has 0 unspecified atom stereocenters. The number of benzene rings is 2. The normalized spacial score (nSPS) is 11.7. The van der Waals surface area contributed by atoms with Crippen LogP contribution in [-0.2, 0) is 16.6 Å². The summed E-state index contributed by atoms with van der Waals surface area (Å²) in [5.74, 6) is 0. The number of nitrogens with zero attached hydrogens (tertiary/aromatic N) is 3. The van der Waals surface area contributed by atoms with Crippen LogP contribution in [0.15, 0.2) is 53.7 Å². The highest BCUT2D eigenvalue weighted by molar-refractivity contribution is 7.89. The van der Waals surface area contributed by atoms with E-state index in [-0.39, 0.29) is 11.4 Å². The van der Waals surface area contributed by atoms with Gasteiger partial charge in [0.1, 0.15) is 0 Å². The first kappa shape index (κ1) is 18.0. The van der Waals surface area contributed by atoms with E-state index in [1.165, 1.54) is 12.1 Å². The molecule has 8 nitrogen and oxygen atoms in total. The van der Waals surface area contributed by atoms with Crippen LogP contribution < -0.4 is 4.72 Å². The molecule has 0 atom stereocenters. The first-order valence-electron chi connectivity index (χ1n) is 8.04. The summed E-state index contributed by atoms with van der Waals surface area (Å²) in [5.41, 5.74) is 1.78. The summed E-state index contributed by atoms with van der Waals surface area (Å²) in [7, 11) is -3.97. The van der Waals surface area contributed by atoms with Gasteiger partial charge in [-0.05, 0) is 31.0 Å². The van der Waals surface area contributed by atoms with Crippen molar-refractivity contribution in [3.63, 3.8) is 0 Å². The fourth-order valence-corrected chi connectivity index (χ4v) is 4.31. The number of nitrogens with one attached hydrogen (secondary N) is 1. The summed E-state index contributed by atoms with van der Waals surface area (Å²) in [4.78, 5) is 14.5. The number of fused-ring (bicyclic) bond motifs is 1. The highest BCUT2D eigenvalue weighted by Crippen LogP contribution is 2.26. The minimum absolute atomic E-state index is 0.167. The van der Waals surface area contributed by atoms with E-state index in [1.807, 2.05) is 28.8 Å². The minimum Gasteiger partial charge on any atom is -0.331 e. The SMILES string of the molecule is Cc1cccc([N+](=O)[O-])c1S(=O)(=O)NCCCn1cnc2ccccc21. The molecule has 1 N–H and O–H groups in total. The second-order valence-corrected chi connectivity index (χ2v) is 7.56. The summed E-state index contributed by atoms with van der Waals surface area (Å²) in [6.45, 7) is 2.29. The number of sulfonamides is 1. The molecule has 9 heteroatoms. The van der Waals surface area contributed by atoms with Gasteiger partial charge in [-0.3, -0.25) is 10.1 Å².